The van der Waals surface area contributed by atoms with Crippen molar-refractivity contribution in [3.8, 4) is 0 Å². The molecule has 0 bridgehead atoms. The van der Waals surface area contributed by atoms with Crippen molar-refractivity contribution in [3.05, 3.63) is 71.3 Å². The van der Waals surface area contributed by atoms with Crippen LogP contribution in [0.4, 0.5) is 4.79 Å². The highest BCUT2D eigenvalue weighted by Crippen LogP contribution is 2.50. The molecule has 6 N–H and O–H groups in total. The van der Waals surface area contributed by atoms with Crippen LogP contribution >= 0.6 is 20.0 Å². The summed E-state index contributed by atoms with van der Waals surface area (Å²) in [6.45, 7) is 0.359. The third-order valence-electron chi connectivity index (χ3n) is 5.15. The van der Waals surface area contributed by atoms with E-state index < -0.39 is 31.4 Å². The molecule has 0 radical (unpaired) electrons. The second-order valence-electron chi connectivity index (χ2n) is 7.43. The average molecular weight is 497 g/mol. The maximum atomic E-state index is 12.9. The maximum absolute atomic E-state index is 12.9. The van der Waals surface area contributed by atoms with E-state index in [2.05, 4.69) is 5.32 Å². The van der Waals surface area contributed by atoms with Gasteiger partial charge in [0.05, 0.1) is 0 Å². The number of benzene rings is 2. The van der Waals surface area contributed by atoms with Crippen molar-refractivity contribution in [3.63, 3.8) is 0 Å². The van der Waals surface area contributed by atoms with Gasteiger partial charge in [-0.1, -0.05) is 54.6 Å². The molecule has 0 spiro atoms. The van der Waals surface area contributed by atoms with Crippen molar-refractivity contribution in [2.75, 3.05) is 6.54 Å². The number of halogens is 1. The number of rotatable bonds is 7. The predicted molar refractivity (Wildman–Crippen MR) is 124 cm³/mol. The molecule has 10 nitrogen and oxygen atoms in total. The number of nitrogens with two attached hydrogens (primary N) is 1. The predicted octanol–water partition coefficient (Wildman–Crippen LogP) is 2.49. The topological polar surface area (TPSA) is 166 Å². The lowest BCUT2D eigenvalue weighted by atomic mass is 10.1. The Hall–Kier alpha value is -2.91. The zero-order chi connectivity index (χ0) is 23.3. The maximum Gasteiger partial charge on any atom is 0.410 e. The molecule has 1 heterocycles. The lowest BCUT2D eigenvalue weighted by Crippen LogP contribution is -2.47. The van der Waals surface area contributed by atoms with Gasteiger partial charge in [-0.2, -0.15) is 0 Å². The smallest absolute Gasteiger partial charge is 0.410 e. The molecule has 178 valence electrons. The molecule has 33 heavy (non-hydrogen) atoms. The van der Waals surface area contributed by atoms with Gasteiger partial charge in [-0.25, -0.2) is 4.79 Å². The number of carbonyl (C=O) groups excluding carboxylic acids is 2. The Morgan fingerprint density at radius 2 is 1.82 bits per heavy atom. The van der Waals surface area contributed by atoms with Crippen LogP contribution in [0.1, 0.15) is 35.3 Å². The second kappa shape index (κ2) is 11.3. The Morgan fingerprint density at radius 3 is 2.39 bits per heavy atom. The summed E-state index contributed by atoms with van der Waals surface area (Å²) in [5.41, 5.74) is 6.75. The van der Waals surface area contributed by atoms with E-state index in [4.69, 9.17) is 15.9 Å². The molecule has 1 aliphatic heterocycles. The van der Waals surface area contributed by atoms with Crippen LogP contribution in [-0.4, -0.2) is 45.1 Å². The van der Waals surface area contributed by atoms with Gasteiger partial charge in [0, 0.05) is 12.1 Å². The Kier molecular flexibility index (Phi) is 9.01. The lowest BCUT2D eigenvalue weighted by Gasteiger charge is -2.26. The number of carbonyl (C=O) groups is 2. The monoisotopic (exact) mass is 496 g/mol. The van der Waals surface area contributed by atoms with Gasteiger partial charge >= 0.3 is 13.7 Å². The quantitative estimate of drug-likeness (QED) is 0.223. The van der Waals surface area contributed by atoms with Gasteiger partial charge in [-0.15, -0.1) is 12.4 Å². The molecule has 2 amide bonds. The van der Waals surface area contributed by atoms with Crippen LogP contribution in [0, 0.1) is 5.41 Å². The number of nitrogens with one attached hydrogen (secondary N) is 2. The van der Waals surface area contributed by atoms with Crippen LogP contribution in [0.3, 0.4) is 0 Å². The largest absolute Gasteiger partial charge is 0.445 e. The van der Waals surface area contributed by atoms with E-state index in [-0.39, 0.29) is 30.4 Å². The van der Waals surface area contributed by atoms with E-state index in [9.17, 15) is 23.9 Å². The second-order valence-corrected chi connectivity index (χ2v) is 9.12. The van der Waals surface area contributed by atoms with Crippen LogP contribution in [-0.2, 0) is 20.7 Å². The molecule has 2 atom stereocenters. The summed E-state index contributed by atoms with van der Waals surface area (Å²) >= 11 is 0. The SMILES string of the molecule is Cl.N=C(N)c1ccc(C(NC(=O)C2CCCN2C(=O)OCc2ccccc2)P(=O)(O)O)cc1. The number of hydrogen-bond acceptors (Lipinski definition) is 5. The summed E-state index contributed by atoms with van der Waals surface area (Å²) < 4.78 is 17.4. The summed E-state index contributed by atoms with van der Waals surface area (Å²) in [4.78, 5) is 46.3. The minimum absolute atomic E-state index is 0. The minimum Gasteiger partial charge on any atom is -0.445 e. The Bertz CT molecular complexity index is 1030. The van der Waals surface area contributed by atoms with Gasteiger partial charge < -0.3 is 25.6 Å². The highest BCUT2D eigenvalue weighted by Gasteiger charge is 2.39. The third kappa shape index (κ3) is 6.79. The van der Waals surface area contributed by atoms with Gasteiger partial charge in [0.2, 0.25) is 5.91 Å². The van der Waals surface area contributed by atoms with Gasteiger partial charge in [0.25, 0.3) is 0 Å². The molecule has 12 heteroatoms. The normalized spacial score (nSPS) is 16.4. The van der Waals surface area contributed by atoms with Gasteiger partial charge in [0.15, 0.2) is 5.78 Å². The summed E-state index contributed by atoms with van der Waals surface area (Å²) in [5.74, 6) is -2.47. The van der Waals surface area contributed by atoms with E-state index in [0.29, 0.717) is 24.9 Å². The first kappa shape index (κ1) is 26.3. The van der Waals surface area contributed by atoms with Crippen molar-refractivity contribution >= 4 is 37.8 Å². The number of likely N-dealkylation sites (tertiary alicyclic amines) is 1. The number of ether oxygens (including phenoxy) is 1. The van der Waals surface area contributed by atoms with Crippen LogP contribution in [0.2, 0.25) is 0 Å². The molecule has 2 aromatic rings. The molecule has 2 aromatic carbocycles. The first-order valence-corrected chi connectivity index (χ1v) is 11.6. The number of amidine groups is 1. The van der Waals surface area contributed by atoms with Gasteiger partial charge in [-0.05, 0) is 24.0 Å². The molecule has 0 aliphatic carbocycles. The highest BCUT2D eigenvalue weighted by molar-refractivity contribution is 7.52. The Labute approximate surface area is 197 Å². The zero-order valence-electron chi connectivity index (χ0n) is 17.6. The molecule has 0 aromatic heterocycles. The molecule has 1 aliphatic rings. The van der Waals surface area contributed by atoms with Crippen molar-refractivity contribution in [1.82, 2.24) is 10.2 Å². The Morgan fingerprint density at radius 1 is 1.18 bits per heavy atom. The molecular weight excluding hydrogens is 471 g/mol. The number of nitrogens with zero attached hydrogens (tertiary/aromatic N) is 1. The van der Waals surface area contributed by atoms with Crippen LogP contribution in [0.25, 0.3) is 0 Å². The average Bonchev–Trinajstić information content (AvgIpc) is 3.26. The molecule has 2 unspecified atom stereocenters. The van der Waals surface area contributed by atoms with Crippen molar-refractivity contribution in [2.24, 2.45) is 5.73 Å². The van der Waals surface area contributed by atoms with E-state index in [1.807, 2.05) is 30.3 Å². The van der Waals surface area contributed by atoms with Crippen LogP contribution < -0.4 is 11.1 Å². The first-order valence-electron chi connectivity index (χ1n) is 9.94. The number of nitrogen functional groups attached to an aromatic ring is 1. The number of hydrogen-bond donors (Lipinski definition) is 5. The van der Waals surface area contributed by atoms with Crippen molar-refractivity contribution in [2.45, 2.75) is 31.3 Å². The minimum atomic E-state index is -4.78. The van der Waals surface area contributed by atoms with Gasteiger partial charge in [0.1, 0.15) is 18.5 Å². The highest BCUT2D eigenvalue weighted by atomic mass is 35.5. The molecular formula is C21H26ClN4O6P. The lowest BCUT2D eigenvalue weighted by molar-refractivity contribution is -0.125. The molecule has 0 saturated carbocycles. The summed E-state index contributed by atoms with van der Waals surface area (Å²) in [5, 5.41) is 9.81. The van der Waals surface area contributed by atoms with Crippen molar-refractivity contribution < 1.29 is 28.7 Å². The summed E-state index contributed by atoms with van der Waals surface area (Å²) in [6.07, 6.45) is 0.251. The fourth-order valence-electron chi connectivity index (χ4n) is 3.50. The third-order valence-corrected chi connectivity index (χ3v) is 6.25. The van der Waals surface area contributed by atoms with Crippen LogP contribution in [0.5, 0.6) is 0 Å². The van der Waals surface area contributed by atoms with E-state index in [1.54, 1.807) is 0 Å². The fraction of sp³-hybridized carbons (Fsp3) is 0.286. The Balaban J connectivity index is 0.00000385. The molecule has 1 saturated heterocycles. The summed E-state index contributed by atoms with van der Waals surface area (Å²) in [7, 11) is -4.78. The van der Waals surface area contributed by atoms with E-state index >= 15 is 0 Å². The van der Waals surface area contributed by atoms with E-state index in [0.717, 1.165) is 5.56 Å². The van der Waals surface area contributed by atoms with Gasteiger partial charge in [-0.3, -0.25) is 19.7 Å². The first-order chi connectivity index (χ1) is 15.2. The number of amides is 2. The van der Waals surface area contributed by atoms with E-state index in [1.165, 1.54) is 29.2 Å². The fourth-order valence-corrected chi connectivity index (χ4v) is 4.35. The zero-order valence-corrected chi connectivity index (χ0v) is 19.3. The van der Waals surface area contributed by atoms with Crippen LogP contribution in [0.15, 0.2) is 54.6 Å². The molecule has 3 rings (SSSR count). The molecule has 1 fully saturated rings. The summed E-state index contributed by atoms with van der Waals surface area (Å²) in [6, 6.07) is 13.9. The standard InChI is InChI=1S/C21H25N4O6P.ClH/c22-18(23)15-8-10-16(11-9-15)20(32(28,29)30)24-19(26)17-7-4-12-25(17)21(27)31-13-14-5-2-1-3-6-14;/h1-3,5-6,8-11,17,20H,4,7,12-13H2,(H3,22,23)(H,24,26)(H2,28,29,30);1H. The van der Waals surface area contributed by atoms with Crippen molar-refractivity contribution in [1.29, 1.82) is 5.41 Å².